The fraction of sp³-hybridized carbons (Fsp3) is 0.688. The summed E-state index contributed by atoms with van der Waals surface area (Å²) in [5.41, 5.74) is -0.429. The third-order valence-electron chi connectivity index (χ3n) is 3.63. The van der Waals surface area contributed by atoms with Gasteiger partial charge in [0.05, 0.1) is 0 Å². The van der Waals surface area contributed by atoms with Crippen LogP contribution in [0.2, 0.25) is 0 Å². The quantitative estimate of drug-likeness (QED) is 0.919. The summed E-state index contributed by atoms with van der Waals surface area (Å²) in [5, 5.41) is 5.63. The summed E-state index contributed by atoms with van der Waals surface area (Å²) in [6, 6.07) is 4.77. The Balaban J connectivity index is 1.86. The second kappa shape index (κ2) is 6.79. The predicted molar refractivity (Wildman–Crippen MR) is 86.7 cm³/mol. The van der Waals surface area contributed by atoms with Crippen molar-refractivity contribution in [2.45, 2.75) is 58.2 Å². The van der Waals surface area contributed by atoms with Crippen molar-refractivity contribution < 1.29 is 9.53 Å². The van der Waals surface area contributed by atoms with Crippen LogP contribution in [0.3, 0.4) is 0 Å². The van der Waals surface area contributed by atoms with Gasteiger partial charge < -0.3 is 15.0 Å². The zero-order valence-corrected chi connectivity index (χ0v) is 14.2. The molecule has 1 aromatic heterocycles. The second-order valence-electron chi connectivity index (χ2n) is 6.62. The van der Waals surface area contributed by atoms with Crippen molar-refractivity contribution in [1.29, 1.82) is 0 Å². The van der Waals surface area contributed by atoms with E-state index in [9.17, 15) is 4.79 Å². The van der Waals surface area contributed by atoms with Gasteiger partial charge in [0.1, 0.15) is 5.60 Å². The first-order valence-electron chi connectivity index (χ1n) is 7.63. The van der Waals surface area contributed by atoms with E-state index in [1.165, 1.54) is 4.88 Å². The maximum Gasteiger partial charge on any atom is 0.410 e. The summed E-state index contributed by atoms with van der Waals surface area (Å²) in [7, 11) is 0. The fourth-order valence-electron chi connectivity index (χ4n) is 2.56. The number of nitrogens with one attached hydrogen (secondary N) is 1. The minimum Gasteiger partial charge on any atom is -0.444 e. The number of carbonyl (C=O) groups excluding carboxylic acids is 1. The van der Waals surface area contributed by atoms with Gasteiger partial charge >= 0.3 is 6.09 Å². The minimum absolute atomic E-state index is 0.185. The molecule has 0 bridgehead atoms. The monoisotopic (exact) mass is 310 g/mol. The van der Waals surface area contributed by atoms with E-state index in [0.29, 0.717) is 6.04 Å². The van der Waals surface area contributed by atoms with E-state index in [4.69, 9.17) is 4.74 Å². The van der Waals surface area contributed by atoms with Gasteiger partial charge in [-0.05, 0) is 52.0 Å². The van der Waals surface area contributed by atoms with E-state index in [0.717, 1.165) is 25.9 Å². The van der Waals surface area contributed by atoms with Gasteiger partial charge in [-0.15, -0.1) is 11.3 Å². The molecule has 1 aliphatic heterocycles. The highest BCUT2D eigenvalue weighted by Gasteiger charge is 2.32. The van der Waals surface area contributed by atoms with Gasteiger partial charge in [0, 0.05) is 30.1 Å². The number of ether oxygens (including phenoxy) is 1. The van der Waals surface area contributed by atoms with Crippen molar-refractivity contribution in [3.63, 3.8) is 0 Å². The van der Waals surface area contributed by atoms with Crippen molar-refractivity contribution in [2.75, 3.05) is 13.1 Å². The van der Waals surface area contributed by atoms with Crippen molar-refractivity contribution in [2.24, 2.45) is 0 Å². The number of likely N-dealkylation sites (tertiary alicyclic amines) is 1. The molecular formula is C16H26N2O2S. The number of nitrogens with zero attached hydrogens (tertiary/aromatic N) is 1. The summed E-state index contributed by atoms with van der Waals surface area (Å²) in [5.74, 6) is 0. The van der Waals surface area contributed by atoms with Crippen LogP contribution in [0.1, 0.15) is 51.5 Å². The highest BCUT2D eigenvalue weighted by molar-refractivity contribution is 7.10. The molecule has 1 N–H and O–H groups in total. The van der Waals surface area contributed by atoms with Crippen molar-refractivity contribution >= 4 is 17.4 Å². The molecule has 1 aromatic rings. The lowest BCUT2D eigenvalue weighted by atomic mass is 10.2. The average Bonchev–Trinajstić information content (AvgIpc) is 3.04. The first-order valence-corrected chi connectivity index (χ1v) is 8.51. The lowest BCUT2D eigenvalue weighted by Crippen LogP contribution is -2.44. The highest BCUT2D eigenvalue weighted by atomic mass is 32.1. The Labute approximate surface area is 131 Å². The minimum atomic E-state index is -0.429. The first-order chi connectivity index (χ1) is 9.87. The summed E-state index contributed by atoms with van der Waals surface area (Å²) in [6.45, 7) is 9.51. The largest absolute Gasteiger partial charge is 0.444 e. The van der Waals surface area contributed by atoms with Crippen LogP contribution in [-0.2, 0) is 4.74 Å². The maximum absolute atomic E-state index is 12.2. The molecule has 0 radical (unpaired) electrons. The molecule has 0 aromatic carbocycles. The molecular weight excluding hydrogens is 284 g/mol. The van der Waals surface area contributed by atoms with Crippen LogP contribution in [0.15, 0.2) is 17.5 Å². The molecule has 21 heavy (non-hydrogen) atoms. The molecule has 0 spiro atoms. The SMILES string of the molecule is C[C@@H](NC[C@H]1CCCN1C(=O)OC(C)(C)C)c1cccs1. The molecule has 1 saturated heterocycles. The van der Waals surface area contributed by atoms with Crippen LogP contribution in [0.25, 0.3) is 0 Å². The topological polar surface area (TPSA) is 41.6 Å². The maximum atomic E-state index is 12.2. The third-order valence-corrected chi connectivity index (χ3v) is 4.69. The van der Waals surface area contributed by atoms with Gasteiger partial charge in [-0.2, -0.15) is 0 Å². The number of rotatable bonds is 4. The highest BCUT2D eigenvalue weighted by Crippen LogP contribution is 2.22. The second-order valence-corrected chi connectivity index (χ2v) is 7.59. The normalized spacial score (nSPS) is 20.6. The molecule has 2 heterocycles. The summed E-state index contributed by atoms with van der Waals surface area (Å²) >= 11 is 1.76. The van der Waals surface area contributed by atoms with Crippen LogP contribution in [0.5, 0.6) is 0 Å². The molecule has 0 saturated carbocycles. The van der Waals surface area contributed by atoms with E-state index in [-0.39, 0.29) is 12.1 Å². The molecule has 1 fully saturated rings. The molecule has 0 unspecified atom stereocenters. The smallest absolute Gasteiger partial charge is 0.410 e. The van der Waals surface area contributed by atoms with E-state index in [1.54, 1.807) is 11.3 Å². The number of hydrogen-bond donors (Lipinski definition) is 1. The summed E-state index contributed by atoms with van der Waals surface area (Å²) in [4.78, 5) is 15.4. The zero-order valence-electron chi connectivity index (χ0n) is 13.4. The summed E-state index contributed by atoms with van der Waals surface area (Å²) in [6.07, 6.45) is 1.91. The van der Waals surface area contributed by atoms with Crippen LogP contribution in [0, 0.1) is 0 Å². The molecule has 1 amide bonds. The number of amides is 1. The van der Waals surface area contributed by atoms with Gasteiger partial charge in [0.2, 0.25) is 0 Å². The van der Waals surface area contributed by atoms with Crippen LogP contribution in [0.4, 0.5) is 4.79 Å². The molecule has 2 atom stereocenters. The zero-order chi connectivity index (χ0) is 15.5. The van der Waals surface area contributed by atoms with Crippen molar-refractivity contribution in [3.8, 4) is 0 Å². The number of hydrogen-bond acceptors (Lipinski definition) is 4. The van der Waals surface area contributed by atoms with Crippen molar-refractivity contribution in [1.82, 2.24) is 10.2 Å². The summed E-state index contributed by atoms with van der Waals surface area (Å²) < 4.78 is 5.49. The Morgan fingerprint density at radius 1 is 1.57 bits per heavy atom. The van der Waals surface area contributed by atoms with Gasteiger partial charge in [-0.3, -0.25) is 0 Å². The Kier molecular flexibility index (Phi) is 5.27. The van der Waals surface area contributed by atoms with Gasteiger partial charge in [0.25, 0.3) is 0 Å². The first kappa shape index (κ1) is 16.3. The molecule has 2 rings (SSSR count). The molecule has 118 valence electrons. The third kappa shape index (κ3) is 4.71. The number of carbonyl (C=O) groups is 1. The van der Waals surface area contributed by atoms with Crippen LogP contribution < -0.4 is 5.32 Å². The molecule has 1 aliphatic rings. The predicted octanol–water partition coefficient (Wildman–Crippen LogP) is 3.80. The van der Waals surface area contributed by atoms with E-state index < -0.39 is 5.60 Å². The van der Waals surface area contributed by atoms with Crippen LogP contribution in [-0.4, -0.2) is 35.7 Å². The van der Waals surface area contributed by atoms with Gasteiger partial charge in [-0.1, -0.05) is 6.07 Å². The average molecular weight is 310 g/mol. The standard InChI is InChI=1S/C16H26N2O2S/c1-12(14-8-6-10-21-14)17-11-13-7-5-9-18(13)15(19)20-16(2,3)4/h6,8,10,12-13,17H,5,7,9,11H2,1-4H3/t12-,13-/m1/s1. The van der Waals surface area contributed by atoms with Gasteiger partial charge in [-0.25, -0.2) is 4.79 Å². The Bertz CT molecular complexity index is 453. The Hall–Kier alpha value is -1.07. The Morgan fingerprint density at radius 2 is 2.33 bits per heavy atom. The van der Waals surface area contributed by atoms with E-state index >= 15 is 0 Å². The van der Waals surface area contributed by atoms with Crippen LogP contribution >= 0.6 is 11.3 Å². The molecule has 4 nitrogen and oxygen atoms in total. The lowest BCUT2D eigenvalue weighted by Gasteiger charge is -2.29. The molecule has 5 heteroatoms. The van der Waals surface area contributed by atoms with E-state index in [1.807, 2.05) is 25.7 Å². The van der Waals surface area contributed by atoms with E-state index in [2.05, 4.69) is 29.8 Å². The van der Waals surface area contributed by atoms with Crippen molar-refractivity contribution in [3.05, 3.63) is 22.4 Å². The Morgan fingerprint density at radius 3 is 2.95 bits per heavy atom. The molecule has 0 aliphatic carbocycles. The fourth-order valence-corrected chi connectivity index (χ4v) is 3.32. The number of thiophene rings is 1. The lowest BCUT2D eigenvalue weighted by molar-refractivity contribution is 0.0225. The van der Waals surface area contributed by atoms with Gasteiger partial charge in [0.15, 0.2) is 0 Å².